The van der Waals surface area contributed by atoms with Gasteiger partial charge in [-0.05, 0) is 61.3 Å². The molecule has 1 amide bonds. The summed E-state index contributed by atoms with van der Waals surface area (Å²) in [5.41, 5.74) is 4.02. The number of ether oxygens (including phenoxy) is 2. The van der Waals surface area contributed by atoms with Gasteiger partial charge in [-0.2, -0.15) is 5.10 Å². The average molecular weight is 332 g/mol. The predicted octanol–water partition coefficient (Wildman–Crippen LogP) is 3.78. The van der Waals surface area contributed by atoms with E-state index in [1.54, 1.807) is 31.4 Å². The highest BCUT2D eigenvalue weighted by atomic mass is 16.5. The molecule has 0 aromatic heterocycles. The first-order chi connectivity index (χ1) is 11.4. The lowest BCUT2D eigenvalue weighted by Gasteiger charge is -2.34. The molecule has 0 radical (unpaired) electrons. The van der Waals surface area contributed by atoms with Crippen LogP contribution in [0.25, 0.3) is 0 Å². The van der Waals surface area contributed by atoms with E-state index in [1.165, 1.54) is 0 Å². The van der Waals surface area contributed by atoms with E-state index in [4.69, 9.17) is 9.47 Å². The molecule has 1 aliphatic rings. The Morgan fingerprint density at radius 3 is 2.29 bits per heavy atom. The van der Waals surface area contributed by atoms with E-state index >= 15 is 0 Å². The Morgan fingerprint density at radius 2 is 1.75 bits per heavy atom. The summed E-state index contributed by atoms with van der Waals surface area (Å²) < 4.78 is 10.5. The Balaban J connectivity index is 1.73. The molecule has 5 heteroatoms. The Bertz CT molecular complexity index is 563. The summed E-state index contributed by atoms with van der Waals surface area (Å²) in [7, 11) is 1.61. The van der Waals surface area contributed by atoms with E-state index in [0.717, 1.165) is 43.1 Å². The minimum absolute atomic E-state index is 0.0479. The normalized spacial score (nSPS) is 18.0. The van der Waals surface area contributed by atoms with Crippen LogP contribution in [0, 0.1) is 11.3 Å². The Hall–Kier alpha value is -2.04. The van der Waals surface area contributed by atoms with E-state index in [0.29, 0.717) is 11.2 Å². The maximum atomic E-state index is 11.8. The largest absolute Gasteiger partial charge is 0.497 e. The predicted molar refractivity (Wildman–Crippen MR) is 95.5 cm³/mol. The fraction of sp³-hybridized carbons (Fsp3) is 0.579. The van der Waals surface area contributed by atoms with Crippen LogP contribution in [0.3, 0.4) is 0 Å². The van der Waals surface area contributed by atoms with Crippen LogP contribution in [0.4, 0.5) is 0 Å². The molecule has 24 heavy (non-hydrogen) atoms. The van der Waals surface area contributed by atoms with Crippen LogP contribution in [-0.4, -0.2) is 25.3 Å². The van der Waals surface area contributed by atoms with Gasteiger partial charge < -0.3 is 9.47 Å². The second-order valence-corrected chi connectivity index (χ2v) is 7.32. The first-order valence-corrected chi connectivity index (χ1v) is 8.49. The molecule has 1 aromatic rings. The number of benzene rings is 1. The van der Waals surface area contributed by atoms with Gasteiger partial charge in [0, 0.05) is 5.71 Å². The summed E-state index contributed by atoms with van der Waals surface area (Å²) in [6, 6.07) is 7.12. The highest BCUT2D eigenvalue weighted by molar-refractivity contribution is 5.87. The average Bonchev–Trinajstić information content (AvgIpc) is 2.58. The van der Waals surface area contributed by atoms with Crippen molar-refractivity contribution in [3.8, 4) is 11.5 Å². The first-order valence-electron chi connectivity index (χ1n) is 8.49. The highest BCUT2D eigenvalue weighted by Crippen LogP contribution is 2.36. The molecule has 0 spiro atoms. The molecule has 5 nitrogen and oxygen atoms in total. The second kappa shape index (κ2) is 8.18. The van der Waals surface area contributed by atoms with Crippen molar-refractivity contribution in [2.45, 2.75) is 46.5 Å². The van der Waals surface area contributed by atoms with Gasteiger partial charge in [0.05, 0.1) is 7.11 Å². The van der Waals surface area contributed by atoms with Crippen molar-refractivity contribution >= 4 is 11.6 Å². The monoisotopic (exact) mass is 332 g/mol. The minimum Gasteiger partial charge on any atom is -0.497 e. The number of nitrogens with zero attached hydrogens (tertiary/aromatic N) is 1. The van der Waals surface area contributed by atoms with Gasteiger partial charge in [-0.3, -0.25) is 4.79 Å². The van der Waals surface area contributed by atoms with E-state index in [1.807, 2.05) is 0 Å². The molecule has 0 unspecified atom stereocenters. The van der Waals surface area contributed by atoms with Gasteiger partial charge in [0.2, 0.25) is 0 Å². The van der Waals surface area contributed by atoms with Gasteiger partial charge in [0.25, 0.3) is 5.91 Å². The van der Waals surface area contributed by atoms with Crippen LogP contribution in [0.5, 0.6) is 11.5 Å². The zero-order valence-corrected chi connectivity index (χ0v) is 15.1. The second-order valence-electron chi connectivity index (χ2n) is 7.32. The van der Waals surface area contributed by atoms with E-state index < -0.39 is 0 Å². The molecule has 0 atom stereocenters. The molecule has 0 aliphatic heterocycles. The topological polar surface area (TPSA) is 59.9 Å². The molecular formula is C19H28N2O3. The zero-order chi connectivity index (χ0) is 17.6. The van der Waals surface area contributed by atoms with Gasteiger partial charge >= 0.3 is 0 Å². The number of hydrogen-bond acceptors (Lipinski definition) is 4. The number of hydrogen-bond donors (Lipinski definition) is 1. The van der Waals surface area contributed by atoms with E-state index in [2.05, 4.69) is 31.3 Å². The van der Waals surface area contributed by atoms with Gasteiger partial charge in [-0.25, -0.2) is 5.43 Å². The van der Waals surface area contributed by atoms with Crippen molar-refractivity contribution in [3.63, 3.8) is 0 Å². The number of hydrazone groups is 1. The van der Waals surface area contributed by atoms with Gasteiger partial charge in [-0.15, -0.1) is 0 Å². The molecule has 1 fully saturated rings. The molecule has 1 aromatic carbocycles. The van der Waals surface area contributed by atoms with Crippen molar-refractivity contribution in [2.75, 3.05) is 13.7 Å². The van der Waals surface area contributed by atoms with Crippen LogP contribution in [0.1, 0.15) is 46.5 Å². The fourth-order valence-electron chi connectivity index (χ4n) is 2.92. The summed E-state index contributed by atoms with van der Waals surface area (Å²) in [4.78, 5) is 11.8. The maximum Gasteiger partial charge on any atom is 0.277 e. The number of amides is 1. The zero-order valence-electron chi connectivity index (χ0n) is 15.1. The van der Waals surface area contributed by atoms with Crippen LogP contribution in [0.2, 0.25) is 0 Å². The lowest BCUT2D eigenvalue weighted by molar-refractivity contribution is -0.123. The molecule has 1 saturated carbocycles. The van der Waals surface area contributed by atoms with Crippen molar-refractivity contribution in [1.29, 1.82) is 0 Å². The summed E-state index contributed by atoms with van der Waals surface area (Å²) in [5.74, 6) is 1.87. The summed E-state index contributed by atoms with van der Waals surface area (Å²) >= 11 is 0. The quantitative estimate of drug-likeness (QED) is 0.835. The van der Waals surface area contributed by atoms with Gasteiger partial charge in [0.1, 0.15) is 11.5 Å². The number of nitrogens with one attached hydrogen (secondary N) is 1. The molecular weight excluding hydrogens is 304 g/mol. The third-order valence-corrected chi connectivity index (χ3v) is 4.56. The van der Waals surface area contributed by atoms with Gasteiger partial charge in [-0.1, -0.05) is 20.8 Å². The maximum absolute atomic E-state index is 11.8. The minimum atomic E-state index is -0.240. The number of carbonyl (C=O) groups is 1. The smallest absolute Gasteiger partial charge is 0.277 e. The molecule has 0 saturated heterocycles. The van der Waals surface area contributed by atoms with Gasteiger partial charge in [0.15, 0.2) is 6.61 Å². The third-order valence-electron chi connectivity index (χ3n) is 4.56. The van der Waals surface area contributed by atoms with Crippen LogP contribution in [0.15, 0.2) is 29.4 Å². The van der Waals surface area contributed by atoms with Crippen molar-refractivity contribution < 1.29 is 14.3 Å². The summed E-state index contributed by atoms with van der Waals surface area (Å²) in [6.45, 7) is 6.82. The molecule has 1 aliphatic carbocycles. The summed E-state index contributed by atoms with van der Waals surface area (Å²) in [5, 5.41) is 4.26. The fourth-order valence-corrected chi connectivity index (χ4v) is 2.92. The standard InChI is InChI=1S/C19H28N2O3/c1-19(2,3)14-5-7-15(8-6-14)20-21-18(22)13-24-17-11-9-16(23-4)10-12-17/h9-12,14H,5-8,13H2,1-4H3,(H,21,22). The molecule has 0 bridgehead atoms. The molecule has 2 rings (SSSR count). The Kier molecular flexibility index (Phi) is 6.23. The first kappa shape index (κ1) is 18.3. The SMILES string of the molecule is COc1ccc(OCC(=O)NN=C2CCC(C(C)(C)C)CC2)cc1. The molecule has 132 valence electrons. The third kappa shape index (κ3) is 5.55. The van der Waals surface area contributed by atoms with E-state index in [-0.39, 0.29) is 12.5 Å². The Labute approximate surface area is 144 Å². The Morgan fingerprint density at radius 1 is 1.17 bits per heavy atom. The number of methoxy groups -OCH3 is 1. The van der Waals surface area contributed by atoms with Crippen LogP contribution < -0.4 is 14.9 Å². The number of rotatable bonds is 5. The van der Waals surface area contributed by atoms with Crippen LogP contribution >= 0.6 is 0 Å². The molecule has 1 N–H and O–H groups in total. The van der Waals surface area contributed by atoms with Crippen LogP contribution in [-0.2, 0) is 4.79 Å². The van der Waals surface area contributed by atoms with Crippen molar-refractivity contribution in [3.05, 3.63) is 24.3 Å². The molecule has 0 heterocycles. The highest BCUT2D eigenvalue weighted by Gasteiger charge is 2.28. The van der Waals surface area contributed by atoms with Crippen molar-refractivity contribution in [1.82, 2.24) is 5.43 Å². The van der Waals surface area contributed by atoms with E-state index in [9.17, 15) is 4.79 Å². The lowest BCUT2D eigenvalue weighted by Crippen LogP contribution is -2.29. The van der Waals surface area contributed by atoms with Crippen molar-refractivity contribution in [2.24, 2.45) is 16.4 Å². The summed E-state index contributed by atoms with van der Waals surface area (Å²) in [6.07, 6.45) is 4.20. The number of carbonyl (C=O) groups excluding carboxylic acids is 1. The lowest BCUT2D eigenvalue weighted by atomic mass is 9.72.